The molecule has 3 heteroatoms. The van der Waals surface area contributed by atoms with Crippen LogP contribution in [0.1, 0.15) is 49.0 Å². The molecule has 2 aromatic rings. The highest BCUT2D eigenvalue weighted by Crippen LogP contribution is 2.24. The first-order valence-corrected chi connectivity index (χ1v) is 7.66. The smallest absolute Gasteiger partial charge is 0.142 e. The van der Waals surface area contributed by atoms with Crippen molar-refractivity contribution in [2.45, 2.75) is 39.3 Å². The first kappa shape index (κ1) is 16.0. The van der Waals surface area contributed by atoms with E-state index >= 15 is 0 Å². The molecule has 2 rings (SSSR count). The van der Waals surface area contributed by atoms with E-state index in [0.717, 1.165) is 12.0 Å². The van der Waals surface area contributed by atoms with E-state index < -0.39 is 0 Å². The zero-order valence-corrected chi connectivity index (χ0v) is 13.4. The van der Waals surface area contributed by atoms with Gasteiger partial charge in [0.25, 0.3) is 0 Å². The highest BCUT2D eigenvalue weighted by atomic mass is 35.5. The van der Waals surface area contributed by atoms with Crippen LogP contribution < -0.4 is 5.32 Å². The monoisotopic (exact) mass is 305 g/mol. The van der Waals surface area contributed by atoms with Crippen LogP contribution in [0.15, 0.2) is 42.5 Å². The molecule has 0 amide bonds. The SMILES string of the molecule is CCC(NC(C)c1ccc(Cl)c(F)c1)c1ccc(C)cc1. The lowest BCUT2D eigenvalue weighted by Gasteiger charge is -2.23. The van der Waals surface area contributed by atoms with Gasteiger partial charge in [0.2, 0.25) is 0 Å². The van der Waals surface area contributed by atoms with Gasteiger partial charge in [-0.3, -0.25) is 0 Å². The van der Waals surface area contributed by atoms with Crippen LogP contribution >= 0.6 is 11.6 Å². The molecule has 0 aliphatic carbocycles. The Hall–Kier alpha value is -1.38. The third-order valence-corrected chi connectivity index (χ3v) is 4.09. The minimum atomic E-state index is -0.369. The Morgan fingerprint density at radius 3 is 2.29 bits per heavy atom. The van der Waals surface area contributed by atoms with Gasteiger partial charge < -0.3 is 5.32 Å². The van der Waals surface area contributed by atoms with Crippen molar-refractivity contribution in [2.75, 3.05) is 0 Å². The van der Waals surface area contributed by atoms with Crippen molar-refractivity contribution in [2.24, 2.45) is 0 Å². The summed E-state index contributed by atoms with van der Waals surface area (Å²) < 4.78 is 13.6. The molecule has 2 aromatic carbocycles. The summed E-state index contributed by atoms with van der Waals surface area (Å²) in [6, 6.07) is 13.8. The lowest BCUT2D eigenvalue weighted by molar-refractivity contribution is 0.455. The quantitative estimate of drug-likeness (QED) is 0.759. The maximum absolute atomic E-state index is 13.6. The van der Waals surface area contributed by atoms with Gasteiger partial charge in [0, 0.05) is 12.1 Å². The minimum Gasteiger partial charge on any atom is -0.303 e. The van der Waals surface area contributed by atoms with E-state index in [4.69, 9.17) is 11.6 Å². The molecule has 0 heterocycles. The number of hydrogen-bond acceptors (Lipinski definition) is 1. The zero-order chi connectivity index (χ0) is 15.4. The second-order valence-corrected chi connectivity index (χ2v) is 5.84. The molecule has 2 atom stereocenters. The molecule has 21 heavy (non-hydrogen) atoms. The Kier molecular flexibility index (Phi) is 5.38. The van der Waals surface area contributed by atoms with Crippen LogP contribution in [-0.2, 0) is 0 Å². The third-order valence-electron chi connectivity index (χ3n) is 3.78. The molecular formula is C18H21ClFN. The highest BCUT2D eigenvalue weighted by Gasteiger charge is 2.14. The maximum atomic E-state index is 13.6. The van der Waals surface area contributed by atoms with E-state index in [2.05, 4.69) is 43.4 Å². The third kappa shape index (κ3) is 4.05. The molecule has 1 N–H and O–H groups in total. The topological polar surface area (TPSA) is 12.0 Å². The van der Waals surface area contributed by atoms with Gasteiger partial charge >= 0.3 is 0 Å². The first-order valence-electron chi connectivity index (χ1n) is 7.28. The molecular weight excluding hydrogens is 285 g/mol. The number of rotatable bonds is 5. The summed E-state index contributed by atoms with van der Waals surface area (Å²) in [6.07, 6.45) is 0.976. The van der Waals surface area contributed by atoms with E-state index in [1.807, 2.05) is 13.0 Å². The number of aryl methyl sites for hydroxylation is 1. The Morgan fingerprint density at radius 1 is 1.10 bits per heavy atom. The summed E-state index contributed by atoms with van der Waals surface area (Å²) in [5, 5.41) is 3.72. The van der Waals surface area contributed by atoms with Crippen LogP contribution in [0.3, 0.4) is 0 Å². The van der Waals surface area contributed by atoms with Crippen LogP contribution in [0, 0.1) is 12.7 Å². The Labute approximate surface area is 131 Å². The molecule has 0 radical (unpaired) electrons. The molecule has 0 saturated carbocycles. The fourth-order valence-corrected chi connectivity index (χ4v) is 2.55. The number of benzene rings is 2. The van der Waals surface area contributed by atoms with Gasteiger partial charge in [-0.05, 0) is 43.5 Å². The summed E-state index contributed by atoms with van der Waals surface area (Å²) >= 11 is 5.73. The average molecular weight is 306 g/mol. The Morgan fingerprint density at radius 2 is 1.71 bits per heavy atom. The largest absolute Gasteiger partial charge is 0.303 e. The van der Waals surface area contributed by atoms with Gasteiger partial charge in [-0.2, -0.15) is 0 Å². The van der Waals surface area contributed by atoms with Crippen LogP contribution in [0.2, 0.25) is 5.02 Å². The van der Waals surface area contributed by atoms with Crippen molar-refractivity contribution in [3.63, 3.8) is 0 Å². The average Bonchev–Trinajstić information content (AvgIpc) is 2.48. The molecule has 2 unspecified atom stereocenters. The molecule has 0 aromatic heterocycles. The lowest BCUT2D eigenvalue weighted by Crippen LogP contribution is -2.24. The van der Waals surface area contributed by atoms with Crippen molar-refractivity contribution in [3.8, 4) is 0 Å². The van der Waals surface area contributed by atoms with Crippen molar-refractivity contribution < 1.29 is 4.39 Å². The lowest BCUT2D eigenvalue weighted by atomic mass is 10.0. The van der Waals surface area contributed by atoms with Crippen LogP contribution in [-0.4, -0.2) is 0 Å². The summed E-state index contributed by atoms with van der Waals surface area (Å²) in [7, 11) is 0. The predicted molar refractivity (Wildman–Crippen MR) is 87.2 cm³/mol. The van der Waals surface area contributed by atoms with E-state index in [1.54, 1.807) is 6.07 Å². The van der Waals surface area contributed by atoms with E-state index in [9.17, 15) is 4.39 Å². The fourth-order valence-electron chi connectivity index (χ4n) is 2.43. The molecule has 0 aliphatic heterocycles. The summed E-state index contributed by atoms with van der Waals surface area (Å²) in [4.78, 5) is 0. The summed E-state index contributed by atoms with van der Waals surface area (Å²) in [5.41, 5.74) is 3.41. The molecule has 0 saturated heterocycles. The number of halogens is 2. The van der Waals surface area contributed by atoms with E-state index in [1.165, 1.54) is 17.2 Å². The van der Waals surface area contributed by atoms with E-state index in [0.29, 0.717) is 0 Å². The minimum absolute atomic E-state index is 0.0584. The Balaban J connectivity index is 2.13. The van der Waals surface area contributed by atoms with Crippen molar-refractivity contribution in [1.29, 1.82) is 0 Å². The highest BCUT2D eigenvalue weighted by molar-refractivity contribution is 6.30. The summed E-state index contributed by atoms with van der Waals surface area (Å²) in [5.74, 6) is -0.369. The maximum Gasteiger partial charge on any atom is 0.142 e. The molecule has 0 spiro atoms. The van der Waals surface area contributed by atoms with Gasteiger partial charge in [-0.1, -0.05) is 54.4 Å². The molecule has 0 fully saturated rings. The van der Waals surface area contributed by atoms with Crippen molar-refractivity contribution >= 4 is 11.6 Å². The van der Waals surface area contributed by atoms with Crippen LogP contribution in [0.5, 0.6) is 0 Å². The van der Waals surface area contributed by atoms with Gasteiger partial charge in [0.1, 0.15) is 5.82 Å². The standard InChI is InChI=1S/C18H21ClFN/c1-4-18(14-7-5-12(2)6-8-14)21-13(3)15-9-10-16(19)17(20)11-15/h5-11,13,18,21H,4H2,1-3H3. The fraction of sp³-hybridized carbons (Fsp3) is 0.333. The molecule has 0 aliphatic rings. The zero-order valence-electron chi connectivity index (χ0n) is 12.7. The van der Waals surface area contributed by atoms with E-state index in [-0.39, 0.29) is 22.9 Å². The second kappa shape index (κ2) is 7.06. The van der Waals surface area contributed by atoms with Gasteiger partial charge in [-0.25, -0.2) is 4.39 Å². The first-order chi connectivity index (χ1) is 10.0. The summed E-state index contributed by atoms with van der Waals surface area (Å²) in [6.45, 7) is 6.27. The second-order valence-electron chi connectivity index (χ2n) is 5.43. The van der Waals surface area contributed by atoms with Gasteiger partial charge in [0.05, 0.1) is 5.02 Å². The van der Waals surface area contributed by atoms with Gasteiger partial charge in [-0.15, -0.1) is 0 Å². The number of nitrogens with one attached hydrogen (secondary N) is 1. The predicted octanol–water partition coefficient (Wildman–Crippen LogP) is 5.59. The van der Waals surface area contributed by atoms with Crippen molar-refractivity contribution in [1.82, 2.24) is 5.32 Å². The molecule has 1 nitrogen and oxygen atoms in total. The number of hydrogen-bond donors (Lipinski definition) is 1. The van der Waals surface area contributed by atoms with Crippen LogP contribution in [0.4, 0.5) is 4.39 Å². The normalized spacial score (nSPS) is 14.0. The van der Waals surface area contributed by atoms with Crippen LogP contribution in [0.25, 0.3) is 0 Å². The van der Waals surface area contributed by atoms with Crippen molar-refractivity contribution in [3.05, 3.63) is 70.0 Å². The van der Waals surface area contributed by atoms with Gasteiger partial charge in [0.15, 0.2) is 0 Å². The Bertz CT molecular complexity index is 595. The molecule has 112 valence electrons. The molecule has 0 bridgehead atoms.